The molecule has 0 saturated heterocycles. The van der Waals surface area contributed by atoms with Gasteiger partial charge < -0.3 is 15.4 Å². The molecule has 2 amide bonds. The molecule has 0 aromatic heterocycles. The highest BCUT2D eigenvalue weighted by molar-refractivity contribution is 5.85. The van der Waals surface area contributed by atoms with Crippen LogP contribution in [0.4, 0.5) is 8.78 Å². The lowest BCUT2D eigenvalue weighted by Crippen LogP contribution is -2.40. The zero-order valence-electron chi connectivity index (χ0n) is 14.1. The highest BCUT2D eigenvalue weighted by Crippen LogP contribution is 2.23. The number of rotatable bonds is 8. The van der Waals surface area contributed by atoms with Crippen LogP contribution in [-0.4, -0.2) is 31.5 Å². The van der Waals surface area contributed by atoms with Gasteiger partial charge in [0, 0.05) is 12.5 Å². The fraction of sp³-hybridized carbons (Fsp3) is 0.556. The summed E-state index contributed by atoms with van der Waals surface area (Å²) in [4.78, 5) is 23.7. The Balaban J connectivity index is 1.62. The Morgan fingerprint density at radius 2 is 1.76 bits per heavy atom. The predicted octanol–water partition coefficient (Wildman–Crippen LogP) is 2.64. The Morgan fingerprint density at radius 1 is 1.08 bits per heavy atom. The molecule has 1 aliphatic carbocycles. The van der Waals surface area contributed by atoms with Gasteiger partial charge in [0.05, 0.1) is 6.54 Å². The van der Waals surface area contributed by atoms with Crippen molar-refractivity contribution in [1.29, 1.82) is 0 Å². The monoisotopic (exact) mass is 354 g/mol. The maximum Gasteiger partial charge on any atom is 0.387 e. The van der Waals surface area contributed by atoms with Crippen molar-refractivity contribution in [3.63, 3.8) is 0 Å². The number of benzene rings is 1. The van der Waals surface area contributed by atoms with Crippen LogP contribution in [0.2, 0.25) is 0 Å². The van der Waals surface area contributed by atoms with E-state index in [4.69, 9.17) is 0 Å². The molecule has 1 saturated carbocycles. The molecule has 0 atom stereocenters. The number of carbonyl (C=O) groups is 2. The van der Waals surface area contributed by atoms with E-state index >= 15 is 0 Å². The number of nitrogens with one attached hydrogen (secondary N) is 2. The molecular weight excluding hydrogens is 330 g/mol. The Bertz CT molecular complexity index is 558. The van der Waals surface area contributed by atoms with Crippen molar-refractivity contribution in [2.45, 2.75) is 45.1 Å². The zero-order valence-corrected chi connectivity index (χ0v) is 14.1. The molecule has 0 spiro atoms. The molecule has 1 aromatic rings. The molecule has 2 N–H and O–H groups in total. The van der Waals surface area contributed by atoms with Crippen LogP contribution in [0.25, 0.3) is 0 Å². The Labute approximate surface area is 146 Å². The minimum Gasteiger partial charge on any atom is -0.435 e. The van der Waals surface area contributed by atoms with Gasteiger partial charge in [-0.1, -0.05) is 31.4 Å². The van der Waals surface area contributed by atoms with E-state index < -0.39 is 6.61 Å². The highest BCUT2D eigenvalue weighted by Gasteiger charge is 2.21. The van der Waals surface area contributed by atoms with Crippen molar-refractivity contribution < 1.29 is 23.1 Å². The number of alkyl halides is 2. The van der Waals surface area contributed by atoms with Crippen LogP contribution in [-0.2, 0) is 16.0 Å². The summed E-state index contributed by atoms with van der Waals surface area (Å²) in [5, 5.41) is 5.42. The molecule has 1 aliphatic rings. The minimum absolute atomic E-state index is 0.0174. The maximum atomic E-state index is 12.1. The number of carbonyl (C=O) groups excluding carboxylic acids is 2. The van der Waals surface area contributed by atoms with E-state index in [1.807, 2.05) is 0 Å². The third-order valence-corrected chi connectivity index (χ3v) is 4.28. The van der Waals surface area contributed by atoms with Gasteiger partial charge in [-0.3, -0.25) is 9.59 Å². The highest BCUT2D eigenvalue weighted by atomic mass is 19.3. The summed E-state index contributed by atoms with van der Waals surface area (Å²) in [5.41, 5.74) is 0.896. The molecule has 0 bridgehead atoms. The normalized spacial score (nSPS) is 15.0. The molecule has 138 valence electrons. The lowest BCUT2D eigenvalue weighted by atomic mass is 9.89. The van der Waals surface area contributed by atoms with Crippen molar-refractivity contribution >= 4 is 11.8 Å². The Hall–Kier alpha value is -2.18. The third kappa shape index (κ3) is 7.07. The van der Waals surface area contributed by atoms with Crippen LogP contribution in [0.15, 0.2) is 24.3 Å². The molecule has 5 nitrogen and oxygen atoms in total. The van der Waals surface area contributed by atoms with E-state index in [1.165, 1.54) is 18.6 Å². The van der Waals surface area contributed by atoms with Gasteiger partial charge in [0.2, 0.25) is 11.8 Å². The second kappa shape index (κ2) is 9.96. The van der Waals surface area contributed by atoms with E-state index in [9.17, 15) is 18.4 Å². The van der Waals surface area contributed by atoms with E-state index in [-0.39, 0.29) is 30.0 Å². The molecule has 25 heavy (non-hydrogen) atoms. The summed E-state index contributed by atoms with van der Waals surface area (Å²) in [7, 11) is 0. The van der Waals surface area contributed by atoms with E-state index in [0.29, 0.717) is 13.0 Å². The molecule has 7 heteroatoms. The summed E-state index contributed by atoms with van der Waals surface area (Å²) in [6, 6.07) is 6.28. The van der Waals surface area contributed by atoms with Gasteiger partial charge in [0.1, 0.15) is 5.75 Å². The number of amides is 2. The van der Waals surface area contributed by atoms with Gasteiger partial charge in [0.25, 0.3) is 0 Å². The molecule has 2 rings (SSSR count). The maximum absolute atomic E-state index is 12.1. The Kier molecular flexibility index (Phi) is 7.63. The van der Waals surface area contributed by atoms with E-state index in [2.05, 4.69) is 15.4 Å². The summed E-state index contributed by atoms with van der Waals surface area (Å²) in [6.07, 6.45) is 5.70. The fourth-order valence-corrected chi connectivity index (χ4v) is 2.92. The van der Waals surface area contributed by atoms with Crippen molar-refractivity contribution in [3.05, 3.63) is 29.8 Å². The first-order chi connectivity index (χ1) is 12.0. The number of halogens is 2. The minimum atomic E-state index is -2.84. The average molecular weight is 354 g/mol. The summed E-state index contributed by atoms with van der Waals surface area (Å²) in [6.45, 7) is -2.45. The SMILES string of the molecule is O=C(CNC(=O)C1CCCCC1)NCCc1ccc(OC(F)F)cc1. The first-order valence-corrected chi connectivity index (χ1v) is 8.63. The summed E-state index contributed by atoms with van der Waals surface area (Å²) < 4.78 is 28.4. The summed E-state index contributed by atoms with van der Waals surface area (Å²) in [5.74, 6) is -0.130. The standard InChI is InChI=1S/C18H24F2N2O3/c19-18(20)25-15-8-6-13(7-9-15)10-11-21-16(23)12-22-17(24)14-4-2-1-3-5-14/h6-9,14,18H,1-5,10-12H2,(H,21,23)(H,22,24). The van der Waals surface area contributed by atoms with E-state index in [1.54, 1.807) is 12.1 Å². The molecule has 0 heterocycles. The van der Waals surface area contributed by atoms with Crippen LogP contribution in [0.3, 0.4) is 0 Å². The van der Waals surface area contributed by atoms with Gasteiger partial charge in [-0.15, -0.1) is 0 Å². The van der Waals surface area contributed by atoms with Crippen LogP contribution in [0.1, 0.15) is 37.7 Å². The van der Waals surface area contributed by atoms with Crippen molar-refractivity contribution in [1.82, 2.24) is 10.6 Å². The third-order valence-electron chi connectivity index (χ3n) is 4.28. The van der Waals surface area contributed by atoms with Crippen LogP contribution in [0, 0.1) is 5.92 Å². The first kappa shape index (κ1) is 19.1. The van der Waals surface area contributed by atoms with Crippen LogP contribution >= 0.6 is 0 Å². The van der Waals surface area contributed by atoms with Gasteiger partial charge >= 0.3 is 6.61 Å². The molecule has 0 unspecified atom stereocenters. The fourth-order valence-electron chi connectivity index (χ4n) is 2.92. The quantitative estimate of drug-likeness (QED) is 0.754. The number of hydrogen-bond acceptors (Lipinski definition) is 3. The van der Waals surface area contributed by atoms with Gasteiger partial charge in [0.15, 0.2) is 0 Å². The van der Waals surface area contributed by atoms with Gasteiger partial charge in [-0.2, -0.15) is 8.78 Å². The van der Waals surface area contributed by atoms with E-state index in [0.717, 1.165) is 31.2 Å². The van der Waals surface area contributed by atoms with Gasteiger partial charge in [-0.05, 0) is 37.0 Å². The van der Waals surface area contributed by atoms with Crippen molar-refractivity contribution in [2.24, 2.45) is 5.92 Å². The molecule has 0 aliphatic heterocycles. The smallest absolute Gasteiger partial charge is 0.387 e. The topological polar surface area (TPSA) is 67.4 Å². The number of ether oxygens (including phenoxy) is 1. The number of hydrogen-bond donors (Lipinski definition) is 2. The predicted molar refractivity (Wildman–Crippen MR) is 89.4 cm³/mol. The van der Waals surface area contributed by atoms with Gasteiger partial charge in [-0.25, -0.2) is 0 Å². The molecule has 1 fully saturated rings. The first-order valence-electron chi connectivity index (χ1n) is 8.63. The summed E-state index contributed by atoms with van der Waals surface area (Å²) >= 11 is 0. The van der Waals surface area contributed by atoms with Crippen LogP contribution < -0.4 is 15.4 Å². The average Bonchev–Trinajstić information content (AvgIpc) is 2.61. The lowest BCUT2D eigenvalue weighted by molar-refractivity contribution is -0.129. The second-order valence-corrected chi connectivity index (χ2v) is 6.18. The molecular formula is C18H24F2N2O3. The van der Waals surface area contributed by atoms with Crippen LogP contribution in [0.5, 0.6) is 5.75 Å². The van der Waals surface area contributed by atoms with Crippen molar-refractivity contribution in [2.75, 3.05) is 13.1 Å². The molecule has 0 radical (unpaired) electrons. The Morgan fingerprint density at radius 3 is 2.40 bits per heavy atom. The lowest BCUT2D eigenvalue weighted by Gasteiger charge is -2.20. The molecule has 1 aromatic carbocycles. The van der Waals surface area contributed by atoms with Crippen molar-refractivity contribution in [3.8, 4) is 5.75 Å². The zero-order chi connectivity index (χ0) is 18.1. The second-order valence-electron chi connectivity index (χ2n) is 6.18. The largest absolute Gasteiger partial charge is 0.435 e.